The van der Waals surface area contributed by atoms with Gasteiger partial charge in [-0.1, -0.05) is 12.1 Å². The number of nitrogens with one attached hydrogen (secondary N) is 1. The fourth-order valence-corrected chi connectivity index (χ4v) is 1.81. The summed E-state index contributed by atoms with van der Waals surface area (Å²) in [6.45, 7) is 4.03. The lowest BCUT2D eigenvalue weighted by atomic mass is 10.1. The minimum Gasteiger partial charge on any atom is -0.368 e. The molecule has 3 nitrogen and oxygen atoms in total. The molecule has 0 radical (unpaired) electrons. The van der Waals surface area contributed by atoms with Gasteiger partial charge >= 0.3 is 0 Å². The normalized spacial score (nSPS) is 10.5. The second kappa shape index (κ2) is 5.73. The number of aromatic nitrogens is 2. The van der Waals surface area contributed by atoms with Crippen LogP contribution in [0.3, 0.4) is 0 Å². The van der Waals surface area contributed by atoms with Crippen LogP contribution in [0.5, 0.6) is 0 Å². The predicted octanol–water partition coefficient (Wildman–Crippen LogP) is 3.09. The van der Waals surface area contributed by atoms with E-state index in [1.54, 1.807) is 19.1 Å². The van der Waals surface area contributed by atoms with Crippen molar-refractivity contribution in [2.24, 2.45) is 0 Å². The summed E-state index contributed by atoms with van der Waals surface area (Å²) < 4.78 is 26.8. The second-order valence-corrected chi connectivity index (χ2v) is 4.22. The molecule has 1 heterocycles. The molecule has 0 saturated heterocycles. The van der Waals surface area contributed by atoms with Crippen molar-refractivity contribution in [3.8, 4) is 0 Å². The molecule has 2 rings (SSSR count). The highest BCUT2D eigenvalue weighted by atomic mass is 19.1. The molecule has 0 unspecified atom stereocenters. The molecule has 0 aliphatic rings. The highest BCUT2D eigenvalue weighted by Gasteiger charge is 2.11. The lowest BCUT2D eigenvalue weighted by Crippen LogP contribution is -2.09. The molecule has 0 spiro atoms. The summed E-state index contributed by atoms with van der Waals surface area (Å²) in [5.41, 5.74) is 1.05. The van der Waals surface area contributed by atoms with Gasteiger partial charge in [-0.3, -0.25) is 0 Å². The molecule has 100 valence electrons. The third-order valence-corrected chi connectivity index (χ3v) is 2.66. The van der Waals surface area contributed by atoms with Crippen molar-refractivity contribution >= 4 is 5.82 Å². The SMILES string of the molecule is CCNc1nc(Cc2cccc(F)c2)nc(C)c1F. The van der Waals surface area contributed by atoms with E-state index >= 15 is 0 Å². The highest BCUT2D eigenvalue weighted by Crippen LogP contribution is 2.16. The van der Waals surface area contributed by atoms with Crippen LogP contribution in [0.15, 0.2) is 24.3 Å². The summed E-state index contributed by atoms with van der Waals surface area (Å²) in [5, 5.41) is 2.85. The van der Waals surface area contributed by atoms with Gasteiger partial charge in [-0.25, -0.2) is 18.7 Å². The third kappa shape index (κ3) is 3.24. The molecule has 1 N–H and O–H groups in total. The Kier molecular flexibility index (Phi) is 4.04. The molecule has 0 aliphatic heterocycles. The zero-order valence-corrected chi connectivity index (χ0v) is 10.9. The second-order valence-electron chi connectivity index (χ2n) is 4.22. The van der Waals surface area contributed by atoms with Crippen LogP contribution >= 0.6 is 0 Å². The van der Waals surface area contributed by atoms with E-state index in [0.29, 0.717) is 18.8 Å². The largest absolute Gasteiger partial charge is 0.368 e. The number of anilines is 1. The molecule has 0 atom stereocenters. The van der Waals surface area contributed by atoms with Gasteiger partial charge in [-0.05, 0) is 31.5 Å². The van der Waals surface area contributed by atoms with Crippen molar-refractivity contribution in [1.29, 1.82) is 0 Å². The van der Waals surface area contributed by atoms with Crippen LogP contribution < -0.4 is 5.32 Å². The first-order valence-corrected chi connectivity index (χ1v) is 6.11. The van der Waals surface area contributed by atoms with Crippen LogP contribution in [-0.2, 0) is 6.42 Å². The van der Waals surface area contributed by atoms with E-state index in [2.05, 4.69) is 15.3 Å². The van der Waals surface area contributed by atoms with Crippen LogP contribution in [-0.4, -0.2) is 16.5 Å². The van der Waals surface area contributed by atoms with Crippen molar-refractivity contribution < 1.29 is 8.78 Å². The average Bonchev–Trinajstić information content (AvgIpc) is 2.35. The van der Waals surface area contributed by atoms with Crippen molar-refractivity contribution in [2.45, 2.75) is 20.3 Å². The Balaban J connectivity index is 2.30. The van der Waals surface area contributed by atoms with Gasteiger partial charge in [0.05, 0.1) is 5.69 Å². The first-order chi connectivity index (χ1) is 9.10. The highest BCUT2D eigenvalue weighted by molar-refractivity contribution is 5.38. The van der Waals surface area contributed by atoms with Gasteiger partial charge in [0.2, 0.25) is 0 Å². The predicted molar refractivity (Wildman–Crippen MR) is 70.1 cm³/mol. The van der Waals surface area contributed by atoms with Gasteiger partial charge in [0.1, 0.15) is 11.6 Å². The quantitative estimate of drug-likeness (QED) is 0.921. The average molecular weight is 263 g/mol. The monoisotopic (exact) mass is 263 g/mol. The minimum atomic E-state index is -0.440. The van der Waals surface area contributed by atoms with Crippen molar-refractivity contribution in [1.82, 2.24) is 9.97 Å². The fraction of sp³-hybridized carbons (Fsp3) is 0.286. The van der Waals surface area contributed by atoms with Crippen LogP contribution in [0.4, 0.5) is 14.6 Å². The molecule has 1 aromatic carbocycles. The van der Waals surface area contributed by atoms with Gasteiger partial charge in [0, 0.05) is 13.0 Å². The number of halogens is 2. The number of nitrogens with zero attached hydrogens (tertiary/aromatic N) is 2. The first-order valence-electron chi connectivity index (χ1n) is 6.11. The number of hydrogen-bond acceptors (Lipinski definition) is 3. The topological polar surface area (TPSA) is 37.8 Å². The standard InChI is InChI=1S/C14H15F2N3/c1-3-17-14-13(16)9(2)18-12(19-14)8-10-5-4-6-11(15)7-10/h4-7H,3,8H2,1-2H3,(H,17,18,19). The molecule has 1 aromatic heterocycles. The molecule has 5 heteroatoms. The number of aryl methyl sites for hydroxylation is 1. The van der Waals surface area contributed by atoms with Crippen LogP contribution in [0.1, 0.15) is 24.0 Å². The molecular weight excluding hydrogens is 248 g/mol. The van der Waals surface area contributed by atoms with Gasteiger partial charge in [-0.2, -0.15) is 0 Å². The van der Waals surface area contributed by atoms with E-state index in [0.717, 1.165) is 5.56 Å². The number of benzene rings is 1. The Hall–Kier alpha value is -2.04. The van der Waals surface area contributed by atoms with Crippen LogP contribution in [0.2, 0.25) is 0 Å². The maximum Gasteiger partial charge on any atom is 0.186 e. The Morgan fingerprint density at radius 1 is 1.21 bits per heavy atom. The Morgan fingerprint density at radius 2 is 2.00 bits per heavy atom. The van der Waals surface area contributed by atoms with Crippen LogP contribution in [0, 0.1) is 18.6 Å². The summed E-state index contributed by atoms with van der Waals surface area (Å²) in [6.07, 6.45) is 0.372. The van der Waals surface area contributed by atoms with Crippen molar-refractivity contribution in [3.05, 3.63) is 53.0 Å². The Bertz CT molecular complexity index is 585. The van der Waals surface area contributed by atoms with E-state index < -0.39 is 5.82 Å². The molecule has 19 heavy (non-hydrogen) atoms. The maximum atomic E-state index is 13.7. The fourth-order valence-electron chi connectivity index (χ4n) is 1.81. The molecule has 0 bridgehead atoms. The molecule has 2 aromatic rings. The zero-order valence-electron chi connectivity index (χ0n) is 10.9. The van der Waals surface area contributed by atoms with E-state index in [9.17, 15) is 8.78 Å². The maximum absolute atomic E-state index is 13.7. The lowest BCUT2D eigenvalue weighted by Gasteiger charge is -2.08. The molecule has 0 saturated carbocycles. The Labute approximate surface area is 110 Å². The van der Waals surface area contributed by atoms with E-state index in [-0.39, 0.29) is 17.3 Å². The summed E-state index contributed by atoms with van der Waals surface area (Å²) in [4.78, 5) is 8.22. The lowest BCUT2D eigenvalue weighted by molar-refractivity contribution is 0.600. The zero-order chi connectivity index (χ0) is 13.8. The van der Waals surface area contributed by atoms with Gasteiger partial charge in [-0.15, -0.1) is 0 Å². The number of hydrogen-bond donors (Lipinski definition) is 1. The summed E-state index contributed by atoms with van der Waals surface area (Å²) in [5.74, 6) is -0.0741. The summed E-state index contributed by atoms with van der Waals surface area (Å²) in [6, 6.07) is 6.23. The van der Waals surface area contributed by atoms with E-state index in [4.69, 9.17) is 0 Å². The molecule has 0 aliphatic carbocycles. The van der Waals surface area contributed by atoms with Crippen molar-refractivity contribution in [2.75, 3.05) is 11.9 Å². The smallest absolute Gasteiger partial charge is 0.186 e. The third-order valence-electron chi connectivity index (χ3n) is 2.66. The van der Waals surface area contributed by atoms with Gasteiger partial charge in [0.25, 0.3) is 0 Å². The van der Waals surface area contributed by atoms with Gasteiger partial charge in [0.15, 0.2) is 11.6 Å². The first kappa shape index (κ1) is 13.4. The summed E-state index contributed by atoms with van der Waals surface area (Å²) in [7, 11) is 0. The Morgan fingerprint density at radius 3 is 2.68 bits per heavy atom. The minimum absolute atomic E-state index is 0.196. The molecule has 0 fully saturated rings. The van der Waals surface area contributed by atoms with Gasteiger partial charge < -0.3 is 5.32 Å². The number of rotatable bonds is 4. The van der Waals surface area contributed by atoms with Crippen molar-refractivity contribution in [3.63, 3.8) is 0 Å². The van der Waals surface area contributed by atoms with Crippen LogP contribution in [0.25, 0.3) is 0 Å². The van der Waals surface area contributed by atoms with E-state index in [1.807, 2.05) is 6.92 Å². The van der Waals surface area contributed by atoms with E-state index in [1.165, 1.54) is 12.1 Å². The molecular formula is C14H15F2N3. The molecule has 0 amide bonds. The summed E-state index contributed by atoms with van der Waals surface area (Å²) >= 11 is 0.